The Labute approximate surface area is 132 Å². The standard InChI is InChI=1S/C17H29N3O2/c1-10(2)14(20-16(18)22)15(21)19-9-17-6-11-3-12(7-17)5-13(4-11)8-17/h10-14H,3-9H2,1-2H3,(H,19,21)(H3,18,20,22). The van der Waals surface area contributed by atoms with Gasteiger partial charge in [-0.15, -0.1) is 0 Å². The third-order valence-electron chi connectivity index (χ3n) is 6.05. The monoisotopic (exact) mass is 307 g/mol. The van der Waals surface area contributed by atoms with Crippen LogP contribution < -0.4 is 16.4 Å². The fraction of sp³-hybridized carbons (Fsp3) is 0.882. The number of carbonyl (C=O) groups excluding carboxylic acids is 2. The number of carbonyl (C=O) groups is 2. The summed E-state index contributed by atoms with van der Waals surface area (Å²) in [6, 6.07) is -1.17. The maximum absolute atomic E-state index is 12.4. The molecular formula is C17H29N3O2. The topological polar surface area (TPSA) is 84.2 Å². The van der Waals surface area contributed by atoms with Gasteiger partial charge in [-0.25, -0.2) is 4.79 Å². The maximum atomic E-state index is 12.4. The van der Waals surface area contributed by atoms with Gasteiger partial charge in [0.1, 0.15) is 6.04 Å². The second-order valence-electron chi connectivity index (χ2n) is 8.37. The van der Waals surface area contributed by atoms with Crippen molar-refractivity contribution >= 4 is 11.9 Å². The first kappa shape index (κ1) is 15.6. The van der Waals surface area contributed by atoms with E-state index in [2.05, 4.69) is 10.6 Å². The Bertz CT molecular complexity index is 426. The van der Waals surface area contributed by atoms with E-state index in [-0.39, 0.29) is 11.8 Å². The first-order valence-corrected chi connectivity index (χ1v) is 8.70. The van der Waals surface area contributed by atoms with E-state index in [1.165, 1.54) is 38.5 Å². The van der Waals surface area contributed by atoms with Crippen molar-refractivity contribution in [1.82, 2.24) is 10.6 Å². The van der Waals surface area contributed by atoms with Gasteiger partial charge in [0.05, 0.1) is 0 Å². The molecule has 0 aliphatic heterocycles. The van der Waals surface area contributed by atoms with Crippen LogP contribution in [-0.2, 0) is 4.79 Å². The molecule has 5 heteroatoms. The number of nitrogens with two attached hydrogens (primary N) is 1. The van der Waals surface area contributed by atoms with E-state index in [0.717, 1.165) is 24.3 Å². The summed E-state index contributed by atoms with van der Waals surface area (Å²) >= 11 is 0. The van der Waals surface area contributed by atoms with Crippen molar-refractivity contribution in [3.63, 3.8) is 0 Å². The van der Waals surface area contributed by atoms with Crippen molar-refractivity contribution in [3.8, 4) is 0 Å². The molecule has 1 unspecified atom stereocenters. The Morgan fingerprint density at radius 1 is 1.09 bits per heavy atom. The molecule has 4 rings (SSSR count). The molecular weight excluding hydrogens is 278 g/mol. The molecule has 22 heavy (non-hydrogen) atoms. The Balaban J connectivity index is 1.59. The number of hydrogen-bond acceptors (Lipinski definition) is 2. The van der Waals surface area contributed by atoms with Crippen molar-refractivity contribution in [2.24, 2.45) is 34.8 Å². The van der Waals surface area contributed by atoms with Gasteiger partial charge in [0.2, 0.25) is 5.91 Å². The summed E-state index contributed by atoms with van der Waals surface area (Å²) in [4.78, 5) is 23.5. The smallest absolute Gasteiger partial charge is 0.312 e. The predicted molar refractivity (Wildman–Crippen MR) is 85.0 cm³/mol. The average molecular weight is 307 g/mol. The molecule has 0 saturated heterocycles. The molecule has 0 aromatic rings. The quantitative estimate of drug-likeness (QED) is 0.726. The first-order chi connectivity index (χ1) is 10.4. The molecule has 0 radical (unpaired) electrons. The molecule has 4 bridgehead atoms. The van der Waals surface area contributed by atoms with Crippen LogP contribution in [0.1, 0.15) is 52.4 Å². The van der Waals surface area contributed by atoms with Crippen LogP contribution in [0.3, 0.4) is 0 Å². The van der Waals surface area contributed by atoms with Gasteiger partial charge in [-0.1, -0.05) is 13.8 Å². The highest BCUT2D eigenvalue weighted by molar-refractivity contribution is 5.86. The lowest BCUT2D eigenvalue weighted by atomic mass is 9.49. The molecule has 4 aliphatic rings. The Morgan fingerprint density at radius 2 is 1.59 bits per heavy atom. The molecule has 0 heterocycles. The number of hydrogen-bond donors (Lipinski definition) is 3. The van der Waals surface area contributed by atoms with E-state index in [1.807, 2.05) is 13.8 Å². The van der Waals surface area contributed by atoms with Gasteiger partial charge in [-0.2, -0.15) is 0 Å². The zero-order valence-electron chi connectivity index (χ0n) is 13.7. The molecule has 0 aromatic heterocycles. The number of urea groups is 1. The van der Waals surface area contributed by atoms with Crippen LogP contribution in [0.2, 0.25) is 0 Å². The lowest BCUT2D eigenvalue weighted by molar-refractivity contribution is -0.126. The first-order valence-electron chi connectivity index (χ1n) is 8.70. The van der Waals surface area contributed by atoms with Crippen LogP contribution in [0.25, 0.3) is 0 Å². The largest absolute Gasteiger partial charge is 0.354 e. The predicted octanol–water partition coefficient (Wildman–Crippen LogP) is 2.01. The molecule has 0 aromatic carbocycles. The molecule has 4 N–H and O–H groups in total. The normalized spacial score (nSPS) is 37.1. The third-order valence-corrected chi connectivity index (χ3v) is 6.05. The number of rotatable bonds is 5. The van der Waals surface area contributed by atoms with Crippen molar-refractivity contribution < 1.29 is 9.59 Å². The lowest BCUT2D eigenvalue weighted by Gasteiger charge is -2.57. The van der Waals surface area contributed by atoms with Crippen LogP contribution in [0.5, 0.6) is 0 Å². The number of amides is 3. The molecule has 4 aliphatic carbocycles. The Hall–Kier alpha value is -1.26. The third kappa shape index (κ3) is 3.08. The van der Waals surface area contributed by atoms with Crippen LogP contribution in [0.15, 0.2) is 0 Å². The minimum Gasteiger partial charge on any atom is -0.354 e. The summed E-state index contributed by atoms with van der Waals surface area (Å²) in [6.07, 6.45) is 8.04. The Morgan fingerprint density at radius 3 is 2.00 bits per heavy atom. The summed E-state index contributed by atoms with van der Waals surface area (Å²) in [5.74, 6) is 2.58. The fourth-order valence-electron chi connectivity index (χ4n) is 5.58. The highest BCUT2D eigenvalue weighted by atomic mass is 16.2. The van der Waals surface area contributed by atoms with Crippen LogP contribution in [0, 0.1) is 29.1 Å². The van der Waals surface area contributed by atoms with E-state index in [9.17, 15) is 9.59 Å². The van der Waals surface area contributed by atoms with Gasteiger partial charge < -0.3 is 16.4 Å². The van der Waals surface area contributed by atoms with E-state index in [4.69, 9.17) is 5.73 Å². The minimum absolute atomic E-state index is 0.0314. The molecule has 4 saturated carbocycles. The van der Waals surface area contributed by atoms with Crippen molar-refractivity contribution in [3.05, 3.63) is 0 Å². The van der Waals surface area contributed by atoms with E-state index in [0.29, 0.717) is 5.41 Å². The van der Waals surface area contributed by atoms with Gasteiger partial charge in [0, 0.05) is 6.54 Å². The summed E-state index contributed by atoms with van der Waals surface area (Å²) in [6.45, 7) is 4.61. The SMILES string of the molecule is CC(C)C(NC(N)=O)C(=O)NCC12CC3CC(CC(C3)C1)C2. The zero-order valence-corrected chi connectivity index (χ0v) is 13.7. The summed E-state index contributed by atoms with van der Waals surface area (Å²) in [5.41, 5.74) is 5.50. The van der Waals surface area contributed by atoms with Gasteiger partial charge in [0.15, 0.2) is 0 Å². The fourth-order valence-corrected chi connectivity index (χ4v) is 5.58. The highest BCUT2D eigenvalue weighted by Gasteiger charge is 2.50. The Kier molecular flexibility index (Phi) is 4.08. The van der Waals surface area contributed by atoms with Crippen molar-refractivity contribution in [2.75, 3.05) is 6.54 Å². The summed E-state index contributed by atoms with van der Waals surface area (Å²) in [7, 11) is 0. The molecule has 4 fully saturated rings. The number of primary amides is 1. The van der Waals surface area contributed by atoms with Gasteiger partial charge in [-0.3, -0.25) is 4.79 Å². The second-order valence-corrected chi connectivity index (χ2v) is 8.37. The van der Waals surface area contributed by atoms with Gasteiger partial charge in [0.25, 0.3) is 0 Å². The maximum Gasteiger partial charge on any atom is 0.312 e. The average Bonchev–Trinajstić information content (AvgIpc) is 2.40. The highest BCUT2D eigenvalue weighted by Crippen LogP contribution is 2.59. The van der Waals surface area contributed by atoms with Crippen LogP contribution in [-0.4, -0.2) is 24.5 Å². The van der Waals surface area contributed by atoms with Gasteiger partial charge >= 0.3 is 6.03 Å². The second kappa shape index (κ2) is 5.74. The van der Waals surface area contributed by atoms with E-state index >= 15 is 0 Å². The molecule has 3 amide bonds. The molecule has 1 atom stereocenters. The lowest BCUT2D eigenvalue weighted by Crippen LogP contribution is -2.55. The van der Waals surface area contributed by atoms with Crippen LogP contribution in [0.4, 0.5) is 4.79 Å². The summed E-state index contributed by atoms with van der Waals surface area (Å²) < 4.78 is 0. The summed E-state index contributed by atoms with van der Waals surface area (Å²) in [5, 5.41) is 5.68. The van der Waals surface area contributed by atoms with E-state index < -0.39 is 12.1 Å². The van der Waals surface area contributed by atoms with Crippen LogP contribution >= 0.6 is 0 Å². The molecule has 5 nitrogen and oxygen atoms in total. The van der Waals surface area contributed by atoms with Crippen molar-refractivity contribution in [2.45, 2.75) is 58.4 Å². The van der Waals surface area contributed by atoms with Crippen molar-refractivity contribution in [1.29, 1.82) is 0 Å². The molecule has 0 spiro atoms. The minimum atomic E-state index is -0.636. The molecule has 124 valence electrons. The van der Waals surface area contributed by atoms with Gasteiger partial charge in [-0.05, 0) is 67.6 Å². The zero-order chi connectivity index (χ0) is 15.9. The number of nitrogens with one attached hydrogen (secondary N) is 2. The van der Waals surface area contributed by atoms with E-state index in [1.54, 1.807) is 0 Å².